The average Bonchev–Trinajstić information content (AvgIpc) is 2.78. The van der Waals surface area contributed by atoms with E-state index < -0.39 is 0 Å². The van der Waals surface area contributed by atoms with E-state index in [2.05, 4.69) is 24.3 Å². The highest BCUT2D eigenvalue weighted by Crippen LogP contribution is 2.30. The fraction of sp³-hybridized carbons (Fsp3) is 0.500. The number of nitrogens with one attached hydrogen (secondary N) is 1. The summed E-state index contributed by atoms with van der Waals surface area (Å²) in [7, 11) is 0. The van der Waals surface area contributed by atoms with E-state index in [4.69, 9.17) is 10.3 Å². The minimum Gasteiger partial charge on any atom is -0.466 e. The van der Waals surface area contributed by atoms with E-state index in [9.17, 15) is 0 Å². The number of aromatic nitrogens is 1. The van der Waals surface area contributed by atoms with Gasteiger partial charge in [0.1, 0.15) is 11.5 Å². The molecule has 0 aliphatic carbocycles. The van der Waals surface area contributed by atoms with Crippen molar-refractivity contribution < 1.29 is 4.42 Å². The predicted octanol–water partition coefficient (Wildman–Crippen LogP) is 3.03. The molecule has 0 aliphatic rings. The van der Waals surface area contributed by atoms with Crippen molar-refractivity contribution in [1.82, 2.24) is 10.4 Å². The standard InChI is InChI=1S/C14H21N3OS/c1-7-9(3)18-10(4)14(7)12(17-15)6-13-16-8(2)11(5)19-13/h12,17H,6,15H2,1-5H3. The van der Waals surface area contributed by atoms with Crippen molar-refractivity contribution >= 4 is 11.3 Å². The molecule has 104 valence electrons. The summed E-state index contributed by atoms with van der Waals surface area (Å²) >= 11 is 1.73. The molecule has 0 aromatic carbocycles. The maximum Gasteiger partial charge on any atom is 0.106 e. The second kappa shape index (κ2) is 5.45. The van der Waals surface area contributed by atoms with Gasteiger partial charge in [-0.3, -0.25) is 11.3 Å². The lowest BCUT2D eigenvalue weighted by molar-refractivity contribution is 0.484. The first-order valence-electron chi connectivity index (χ1n) is 6.39. The van der Waals surface area contributed by atoms with Crippen LogP contribution in [-0.4, -0.2) is 4.98 Å². The van der Waals surface area contributed by atoms with Crippen molar-refractivity contribution in [1.29, 1.82) is 0 Å². The molecule has 0 radical (unpaired) electrons. The lowest BCUT2D eigenvalue weighted by Gasteiger charge is -2.15. The third kappa shape index (κ3) is 2.73. The second-order valence-corrected chi connectivity index (χ2v) is 6.21. The van der Waals surface area contributed by atoms with Crippen molar-refractivity contribution in [2.45, 2.75) is 47.1 Å². The number of aryl methyl sites for hydroxylation is 4. The molecule has 3 N–H and O–H groups in total. The molecule has 2 aromatic heterocycles. The van der Waals surface area contributed by atoms with Crippen LogP contribution in [0.5, 0.6) is 0 Å². The molecule has 0 aliphatic heterocycles. The van der Waals surface area contributed by atoms with E-state index in [1.54, 1.807) is 11.3 Å². The summed E-state index contributed by atoms with van der Waals surface area (Å²) < 4.78 is 5.68. The van der Waals surface area contributed by atoms with Gasteiger partial charge in [-0.15, -0.1) is 11.3 Å². The summed E-state index contributed by atoms with van der Waals surface area (Å²) in [4.78, 5) is 5.85. The molecule has 0 fully saturated rings. The zero-order valence-electron chi connectivity index (χ0n) is 12.1. The van der Waals surface area contributed by atoms with Crippen LogP contribution in [0.3, 0.4) is 0 Å². The molecule has 1 unspecified atom stereocenters. The molecule has 2 rings (SSSR count). The molecular formula is C14H21N3OS. The number of rotatable bonds is 4. The Kier molecular flexibility index (Phi) is 4.08. The third-order valence-corrected chi connectivity index (χ3v) is 4.71. The molecule has 5 heteroatoms. The Morgan fingerprint density at radius 3 is 2.32 bits per heavy atom. The van der Waals surface area contributed by atoms with Crippen molar-refractivity contribution in [2.75, 3.05) is 0 Å². The van der Waals surface area contributed by atoms with E-state index in [-0.39, 0.29) is 6.04 Å². The number of hydrogen-bond donors (Lipinski definition) is 2. The highest BCUT2D eigenvalue weighted by Gasteiger charge is 2.21. The Morgan fingerprint density at radius 2 is 1.89 bits per heavy atom. The van der Waals surface area contributed by atoms with Crippen LogP contribution in [0.1, 0.15) is 44.3 Å². The maximum atomic E-state index is 5.73. The maximum absolute atomic E-state index is 5.73. The van der Waals surface area contributed by atoms with Gasteiger partial charge in [0.2, 0.25) is 0 Å². The molecule has 4 nitrogen and oxygen atoms in total. The molecule has 0 saturated heterocycles. The molecule has 1 atom stereocenters. The zero-order chi connectivity index (χ0) is 14.2. The van der Waals surface area contributed by atoms with Gasteiger partial charge in [-0.05, 0) is 40.2 Å². The molecule has 19 heavy (non-hydrogen) atoms. The van der Waals surface area contributed by atoms with Gasteiger partial charge in [0.05, 0.1) is 16.7 Å². The van der Waals surface area contributed by atoms with Gasteiger partial charge >= 0.3 is 0 Å². The molecule has 2 aromatic rings. The normalized spacial score (nSPS) is 12.9. The van der Waals surface area contributed by atoms with Gasteiger partial charge in [0.25, 0.3) is 0 Å². The smallest absolute Gasteiger partial charge is 0.106 e. The van der Waals surface area contributed by atoms with E-state index >= 15 is 0 Å². The lowest BCUT2D eigenvalue weighted by Crippen LogP contribution is -2.30. The van der Waals surface area contributed by atoms with E-state index in [0.717, 1.165) is 34.2 Å². The Labute approximate surface area is 118 Å². The lowest BCUT2D eigenvalue weighted by atomic mass is 10.0. The quantitative estimate of drug-likeness (QED) is 0.667. The van der Waals surface area contributed by atoms with Crippen LogP contribution in [0.4, 0.5) is 0 Å². The first kappa shape index (κ1) is 14.2. The van der Waals surface area contributed by atoms with E-state index in [1.165, 1.54) is 10.4 Å². The van der Waals surface area contributed by atoms with Crippen LogP contribution >= 0.6 is 11.3 Å². The van der Waals surface area contributed by atoms with Crippen molar-refractivity contribution in [3.63, 3.8) is 0 Å². The molecule has 0 spiro atoms. The predicted molar refractivity (Wildman–Crippen MR) is 78.3 cm³/mol. The third-order valence-electron chi connectivity index (χ3n) is 3.62. The molecule has 0 saturated carbocycles. The molecule has 0 amide bonds. The highest BCUT2D eigenvalue weighted by molar-refractivity contribution is 7.11. The molecule has 0 bridgehead atoms. The van der Waals surface area contributed by atoms with Gasteiger partial charge in [0, 0.05) is 16.9 Å². The minimum absolute atomic E-state index is 0.0439. The minimum atomic E-state index is 0.0439. The van der Waals surface area contributed by atoms with Crippen LogP contribution in [0.15, 0.2) is 4.42 Å². The summed E-state index contributed by atoms with van der Waals surface area (Å²) in [5.74, 6) is 7.62. The fourth-order valence-corrected chi connectivity index (χ4v) is 3.35. The first-order chi connectivity index (χ1) is 8.93. The number of nitrogens with zero attached hydrogens (tertiary/aromatic N) is 1. The van der Waals surface area contributed by atoms with Gasteiger partial charge < -0.3 is 4.42 Å². The average molecular weight is 279 g/mol. The number of furan rings is 1. The number of hydrogen-bond acceptors (Lipinski definition) is 5. The summed E-state index contributed by atoms with van der Waals surface area (Å²) in [5, 5.41) is 1.11. The summed E-state index contributed by atoms with van der Waals surface area (Å²) in [5.41, 5.74) is 6.33. The molecular weight excluding hydrogens is 258 g/mol. The van der Waals surface area contributed by atoms with Crippen LogP contribution in [0, 0.1) is 34.6 Å². The first-order valence-corrected chi connectivity index (χ1v) is 7.21. The van der Waals surface area contributed by atoms with Crippen LogP contribution in [-0.2, 0) is 6.42 Å². The summed E-state index contributed by atoms with van der Waals surface area (Å²) in [6, 6.07) is 0.0439. The van der Waals surface area contributed by atoms with Crippen LogP contribution < -0.4 is 11.3 Å². The number of thiazole rings is 1. The van der Waals surface area contributed by atoms with Crippen molar-refractivity contribution in [3.8, 4) is 0 Å². The summed E-state index contributed by atoms with van der Waals surface area (Å²) in [6.45, 7) is 10.2. The number of hydrazine groups is 1. The van der Waals surface area contributed by atoms with Gasteiger partial charge in [0.15, 0.2) is 0 Å². The van der Waals surface area contributed by atoms with E-state index in [0.29, 0.717) is 0 Å². The fourth-order valence-electron chi connectivity index (χ4n) is 2.37. The number of nitrogens with two attached hydrogens (primary N) is 1. The Bertz CT molecular complexity index is 566. The van der Waals surface area contributed by atoms with E-state index in [1.807, 2.05) is 20.8 Å². The summed E-state index contributed by atoms with van der Waals surface area (Å²) in [6.07, 6.45) is 0.788. The van der Waals surface area contributed by atoms with Crippen LogP contribution in [0.2, 0.25) is 0 Å². The largest absolute Gasteiger partial charge is 0.466 e. The van der Waals surface area contributed by atoms with Crippen molar-refractivity contribution in [3.05, 3.63) is 38.2 Å². The monoisotopic (exact) mass is 279 g/mol. The SMILES string of the molecule is Cc1nc(CC(NN)c2c(C)oc(C)c2C)sc1C. The Hall–Kier alpha value is -1.17. The van der Waals surface area contributed by atoms with Crippen molar-refractivity contribution in [2.24, 2.45) is 5.84 Å². The second-order valence-electron chi connectivity index (χ2n) is 4.93. The van der Waals surface area contributed by atoms with Gasteiger partial charge in [-0.2, -0.15) is 0 Å². The molecule has 2 heterocycles. The Morgan fingerprint density at radius 1 is 1.21 bits per heavy atom. The van der Waals surface area contributed by atoms with Gasteiger partial charge in [-0.1, -0.05) is 0 Å². The Balaban J connectivity index is 2.30. The topological polar surface area (TPSA) is 64.1 Å². The van der Waals surface area contributed by atoms with Crippen LogP contribution in [0.25, 0.3) is 0 Å². The van der Waals surface area contributed by atoms with Gasteiger partial charge in [-0.25, -0.2) is 4.98 Å². The highest BCUT2D eigenvalue weighted by atomic mass is 32.1. The zero-order valence-corrected chi connectivity index (χ0v) is 12.9.